The van der Waals surface area contributed by atoms with Gasteiger partial charge in [-0.3, -0.25) is 24.5 Å². The van der Waals surface area contributed by atoms with Gasteiger partial charge in [-0.2, -0.15) is 0 Å². The van der Waals surface area contributed by atoms with Gasteiger partial charge in [-0.15, -0.1) is 0 Å². The van der Waals surface area contributed by atoms with Crippen LogP contribution in [0.2, 0.25) is 0 Å². The van der Waals surface area contributed by atoms with Crippen molar-refractivity contribution in [1.29, 1.82) is 0 Å². The molecular weight excluding hydrogens is 550 g/mol. The molecule has 0 radical (unpaired) electrons. The molecule has 222 valence electrons. The normalized spacial score (nSPS) is 13.5. The Balaban J connectivity index is 1.17. The van der Waals surface area contributed by atoms with Crippen molar-refractivity contribution in [2.75, 3.05) is 11.9 Å². The van der Waals surface area contributed by atoms with E-state index >= 15 is 0 Å². The molecule has 8 heteroatoms. The van der Waals surface area contributed by atoms with Crippen LogP contribution in [0.4, 0.5) is 5.69 Å². The first-order chi connectivity index (χ1) is 21.5. The lowest BCUT2D eigenvalue weighted by atomic mass is 9.90. The molecule has 6 rings (SSSR count). The number of pyridine rings is 3. The molecule has 3 heterocycles. The quantitative estimate of drug-likeness (QED) is 0.192. The molecule has 44 heavy (non-hydrogen) atoms. The zero-order valence-electron chi connectivity index (χ0n) is 24.7. The molecule has 0 spiro atoms. The summed E-state index contributed by atoms with van der Waals surface area (Å²) in [6, 6.07) is 23.5. The smallest absolute Gasteiger partial charge is 0.259 e. The summed E-state index contributed by atoms with van der Waals surface area (Å²) < 4.78 is 6.24. The zero-order chi connectivity index (χ0) is 30.3. The lowest BCUT2D eigenvalue weighted by molar-refractivity contribution is 0.0940. The Morgan fingerprint density at radius 2 is 1.59 bits per heavy atom. The van der Waals surface area contributed by atoms with E-state index in [0.29, 0.717) is 52.0 Å². The number of carbonyl (C=O) groups excluding carboxylic acids is 2. The molecule has 0 bridgehead atoms. The van der Waals surface area contributed by atoms with Gasteiger partial charge in [0.25, 0.3) is 11.8 Å². The average molecular weight is 586 g/mol. The van der Waals surface area contributed by atoms with Crippen LogP contribution in [0.1, 0.15) is 75.8 Å². The molecule has 8 nitrogen and oxygen atoms in total. The summed E-state index contributed by atoms with van der Waals surface area (Å²) >= 11 is 0. The van der Waals surface area contributed by atoms with Gasteiger partial charge in [0.05, 0.1) is 34.6 Å². The first-order valence-electron chi connectivity index (χ1n) is 15.1. The predicted octanol–water partition coefficient (Wildman–Crippen LogP) is 7.06. The van der Waals surface area contributed by atoms with Gasteiger partial charge in [0.15, 0.2) is 0 Å². The molecule has 2 N–H and O–H groups in total. The summed E-state index contributed by atoms with van der Waals surface area (Å²) in [7, 11) is 0. The summed E-state index contributed by atoms with van der Waals surface area (Å²) in [4.78, 5) is 40.1. The number of carbonyl (C=O) groups is 2. The Morgan fingerprint density at radius 1 is 0.841 bits per heavy atom. The fraction of sp³-hybridized carbons (Fsp3) is 0.250. The topological polar surface area (TPSA) is 106 Å². The maximum Gasteiger partial charge on any atom is 0.259 e. The maximum atomic E-state index is 13.4. The summed E-state index contributed by atoms with van der Waals surface area (Å²) in [5, 5.41) is 6.83. The lowest BCUT2D eigenvalue weighted by Crippen LogP contribution is -2.30. The van der Waals surface area contributed by atoms with Crippen molar-refractivity contribution in [1.82, 2.24) is 20.3 Å². The molecule has 3 aromatic heterocycles. The highest BCUT2D eigenvalue weighted by atomic mass is 16.5. The Morgan fingerprint density at radius 3 is 2.30 bits per heavy atom. The molecule has 1 aliphatic carbocycles. The van der Waals surface area contributed by atoms with Crippen LogP contribution in [0.25, 0.3) is 10.9 Å². The molecule has 0 unspecified atom stereocenters. The highest BCUT2D eigenvalue weighted by molar-refractivity contribution is 6.07. The number of amides is 2. The Bertz CT molecular complexity index is 1720. The highest BCUT2D eigenvalue weighted by Gasteiger charge is 2.21. The number of nitrogens with one attached hydrogen (secondary N) is 2. The minimum absolute atomic E-state index is 0.238. The van der Waals surface area contributed by atoms with Crippen LogP contribution in [0.3, 0.4) is 0 Å². The first-order valence-corrected chi connectivity index (χ1v) is 15.1. The molecule has 2 aromatic carbocycles. The van der Waals surface area contributed by atoms with Crippen molar-refractivity contribution in [3.63, 3.8) is 0 Å². The third-order valence-electron chi connectivity index (χ3n) is 8.09. The van der Waals surface area contributed by atoms with Gasteiger partial charge >= 0.3 is 0 Å². The summed E-state index contributed by atoms with van der Waals surface area (Å²) in [6.45, 7) is 2.60. The second kappa shape index (κ2) is 13.5. The fourth-order valence-electron chi connectivity index (χ4n) is 5.71. The van der Waals surface area contributed by atoms with Crippen LogP contribution in [0.5, 0.6) is 5.75 Å². The van der Waals surface area contributed by atoms with E-state index in [1.54, 1.807) is 30.6 Å². The van der Waals surface area contributed by atoms with E-state index in [9.17, 15) is 9.59 Å². The van der Waals surface area contributed by atoms with Crippen molar-refractivity contribution < 1.29 is 14.3 Å². The number of anilines is 1. The van der Waals surface area contributed by atoms with Crippen LogP contribution in [-0.2, 0) is 0 Å². The number of para-hydroxylation sites is 1. The minimum atomic E-state index is -0.517. The van der Waals surface area contributed by atoms with Crippen LogP contribution in [0, 0.1) is 12.8 Å². The van der Waals surface area contributed by atoms with E-state index in [1.807, 2.05) is 67.6 Å². The molecule has 0 atom stereocenters. The van der Waals surface area contributed by atoms with Gasteiger partial charge in [0, 0.05) is 29.7 Å². The number of hydrogen-bond acceptors (Lipinski definition) is 6. The summed E-state index contributed by atoms with van der Waals surface area (Å²) in [5.41, 5.74) is 4.49. The van der Waals surface area contributed by atoms with Gasteiger partial charge < -0.3 is 15.4 Å². The van der Waals surface area contributed by atoms with Gasteiger partial charge in [-0.25, -0.2) is 0 Å². The number of benzene rings is 2. The number of aryl methyl sites for hydroxylation is 1. The highest BCUT2D eigenvalue weighted by Crippen LogP contribution is 2.29. The largest absolute Gasteiger partial charge is 0.492 e. The van der Waals surface area contributed by atoms with Crippen molar-refractivity contribution in [2.24, 2.45) is 5.92 Å². The third kappa shape index (κ3) is 6.75. The van der Waals surface area contributed by atoms with Gasteiger partial charge in [-0.05, 0) is 79.8 Å². The molecule has 1 saturated carbocycles. The molecule has 2 amide bonds. The van der Waals surface area contributed by atoms with E-state index < -0.39 is 6.04 Å². The van der Waals surface area contributed by atoms with Crippen molar-refractivity contribution in [2.45, 2.75) is 45.1 Å². The third-order valence-corrected chi connectivity index (χ3v) is 8.09. The standard InChI is InChI=1S/C36H35N5O3/c1-24-10-9-13-29(34(24)44-23-25-11-3-2-4-12-25)36(43)40-28-17-16-26-20-27(22-39-32(26)21-28)35(42)41-33(30-14-5-7-18-37-30)31-15-6-8-19-38-31/h5-10,13-22,25,33H,2-4,11-12,23H2,1H3,(H,40,43)(H,41,42). The summed E-state index contributed by atoms with van der Waals surface area (Å²) in [6.07, 6.45) is 11.1. The van der Waals surface area contributed by atoms with E-state index in [2.05, 4.69) is 25.6 Å². The molecular formula is C36H35N5O3. The second-order valence-corrected chi connectivity index (χ2v) is 11.3. The molecule has 0 aliphatic heterocycles. The van der Waals surface area contributed by atoms with Crippen LogP contribution in [0.15, 0.2) is 97.5 Å². The van der Waals surface area contributed by atoms with Crippen molar-refractivity contribution >= 4 is 28.4 Å². The first kappa shape index (κ1) is 29.0. The lowest BCUT2D eigenvalue weighted by Gasteiger charge is -2.23. The van der Waals surface area contributed by atoms with Crippen molar-refractivity contribution in [3.05, 3.63) is 126 Å². The Kier molecular flexibility index (Phi) is 8.87. The average Bonchev–Trinajstić information content (AvgIpc) is 3.07. The van der Waals surface area contributed by atoms with Gasteiger partial charge in [0.2, 0.25) is 0 Å². The van der Waals surface area contributed by atoms with Gasteiger partial charge in [-0.1, -0.05) is 49.6 Å². The predicted molar refractivity (Wildman–Crippen MR) is 171 cm³/mol. The Hall–Kier alpha value is -5.11. The zero-order valence-corrected chi connectivity index (χ0v) is 24.7. The van der Waals surface area contributed by atoms with Gasteiger partial charge in [0.1, 0.15) is 11.8 Å². The van der Waals surface area contributed by atoms with Crippen LogP contribution in [-0.4, -0.2) is 33.4 Å². The fourth-order valence-corrected chi connectivity index (χ4v) is 5.71. The minimum Gasteiger partial charge on any atom is -0.492 e. The number of nitrogens with zero attached hydrogens (tertiary/aromatic N) is 3. The second-order valence-electron chi connectivity index (χ2n) is 11.3. The Labute approximate surface area is 256 Å². The van der Waals surface area contributed by atoms with E-state index in [4.69, 9.17) is 4.74 Å². The maximum absolute atomic E-state index is 13.4. The van der Waals surface area contributed by atoms with Crippen molar-refractivity contribution in [3.8, 4) is 5.75 Å². The van der Waals surface area contributed by atoms with Crippen LogP contribution < -0.4 is 15.4 Å². The number of hydrogen-bond donors (Lipinski definition) is 2. The number of ether oxygens (including phenoxy) is 1. The molecule has 1 aliphatic rings. The number of rotatable bonds is 9. The van der Waals surface area contributed by atoms with Crippen LogP contribution >= 0.6 is 0 Å². The van der Waals surface area contributed by atoms with E-state index in [1.165, 1.54) is 38.3 Å². The molecule has 0 saturated heterocycles. The number of fused-ring (bicyclic) bond motifs is 1. The number of aromatic nitrogens is 3. The monoisotopic (exact) mass is 585 g/mol. The SMILES string of the molecule is Cc1cccc(C(=O)Nc2ccc3cc(C(=O)NC(c4ccccn4)c4ccccn4)cnc3c2)c1OCC1CCCCC1. The van der Waals surface area contributed by atoms with E-state index in [-0.39, 0.29) is 11.8 Å². The van der Waals surface area contributed by atoms with E-state index in [0.717, 1.165) is 10.9 Å². The molecule has 1 fully saturated rings. The molecule has 5 aromatic rings. The summed E-state index contributed by atoms with van der Waals surface area (Å²) in [5.74, 6) is 0.643.